The van der Waals surface area contributed by atoms with Gasteiger partial charge in [-0.1, -0.05) is 127 Å². The van der Waals surface area contributed by atoms with Gasteiger partial charge in [-0.3, -0.25) is 4.79 Å². The molecular formula is C39H42N4O6S3. The molecule has 3 N–H and O–H groups in total. The van der Waals surface area contributed by atoms with E-state index in [1.165, 1.54) is 12.1 Å². The average Bonchev–Trinajstić information content (AvgIpc) is 3.58. The number of nitrogens with zero attached hydrogens (tertiary/aromatic N) is 2. The normalized spacial score (nSPS) is 19.6. The van der Waals surface area contributed by atoms with E-state index >= 15 is 0 Å². The Hall–Kier alpha value is -3.95. The number of carbonyl (C=O) groups excluding carboxylic acids is 1. The summed E-state index contributed by atoms with van der Waals surface area (Å²) < 4.78 is 43.2. The first-order valence-corrected chi connectivity index (χ1v) is 20.3. The van der Waals surface area contributed by atoms with Crippen LogP contribution >= 0.6 is 23.1 Å². The molecule has 1 saturated heterocycles. The number of aliphatic hydroxyl groups is 1. The number of benzene rings is 4. The van der Waals surface area contributed by atoms with Crippen LogP contribution in [0.25, 0.3) is 0 Å². The summed E-state index contributed by atoms with van der Waals surface area (Å²) in [6, 6.07) is 30.3. The quantitative estimate of drug-likeness (QED) is 0.109. The highest BCUT2D eigenvalue weighted by Crippen LogP contribution is 2.43. The Bertz CT molecular complexity index is 2030. The van der Waals surface area contributed by atoms with E-state index in [1.54, 1.807) is 35.2 Å². The molecule has 0 aliphatic carbocycles. The van der Waals surface area contributed by atoms with Crippen molar-refractivity contribution in [2.24, 2.45) is 5.92 Å². The number of aromatic nitrogens is 2. The Labute approximate surface area is 313 Å². The van der Waals surface area contributed by atoms with E-state index in [4.69, 9.17) is 9.47 Å². The molecule has 6 rings (SSSR count). The number of nitrogens with one attached hydrogen (secondary N) is 2. The maximum absolute atomic E-state index is 13.5. The molecule has 0 bridgehead atoms. The molecule has 5 atom stereocenters. The van der Waals surface area contributed by atoms with Crippen molar-refractivity contribution in [2.75, 3.05) is 5.75 Å². The second kappa shape index (κ2) is 17.3. The number of hydrogen-bond acceptors (Lipinski definition) is 10. The van der Waals surface area contributed by atoms with Crippen LogP contribution < -0.4 is 10.0 Å². The molecule has 52 heavy (non-hydrogen) atoms. The van der Waals surface area contributed by atoms with Crippen molar-refractivity contribution in [1.29, 1.82) is 0 Å². The summed E-state index contributed by atoms with van der Waals surface area (Å²) in [6.45, 7) is 6.10. The summed E-state index contributed by atoms with van der Waals surface area (Å²) in [6.07, 6.45) is -0.860. The number of amides is 1. The second-order valence-corrected chi connectivity index (χ2v) is 17.0. The van der Waals surface area contributed by atoms with Crippen molar-refractivity contribution in [2.45, 2.75) is 74.1 Å². The fourth-order valence-corrected chi connectivity index (χ4v) is 9.12. The summed E-state index contributed by atoms with van der Waals surface area (Å²) in [5.41, 5.74) is 5.26. The first-order chi connectivity index (χ1) is 25.1. The molecule has 5 aromatic rings. The minimum Gasteiger partial charge on any atom is -0.392 e. The van der Waals surface area contributed by atoms with Crippen molar-refractivity contribution >= 4 is 39.0 Å². The number of aryl methyl sites for hydroxylation is 2. The third-order valence-corrected chi connectivity index (χ3v) is 12.5. The molecule has 1 aliphatic heterocycles. The van der Waals surface area contributed by atoms with Gasteiger partial charge < -0.3 is 19.9 Å². The van der Waals surface area contributed by atoms with Crippen LogP contribution in [-0.2, 0) is 43.9 Å². The lowest BCUT2D eigenvalue weighted by Gasteiger charge is -2.41. The largest absolute Gasteiger partial charge is 0.392 e. The van der Waals surface area contributed by atoms with Crippen LogP contribution in [0.2, 0.25) is 0 Å². The average molecular weight is 759 g/mol. The monoisotopic (exact) mass is 758 g/mol. The predicted molar refractivity (Wildman–Crippen MR) is 202 cm³/mol. The summed E-state index contributed by atoms with van der Waals surface area (Å²) in [7, 11) is -3.96. The smallest absolute Gasteiger partial charge is 0.241 e. The van der Waals surface area contributed by atoms with Crippen LogP contribution in [0.1, 0.15) is 57.7 Å². The second-order valence-electron chi connectivity index (χ2n) is 12.9. The van der Waals surface area contributed by atoms with Crippen LogP contribution in [0.5, 0.6) is 0 Å². The molecule has 4 aromatic carbocycles. The zero-order valence-corrected chi connectivity index (χ0v) is 31.6. The van der Waals surface area contributed by atoms with Crippen LogP contribution in [0.3, 0.4) is 0 Å². The number of carbonyl (C=O) groups is 1. The van der Waals surface area contributed by atoms with Gasteiger partial charge >= 0.3 is 0 Å². The summed E-state index contributed by atoms with van der Waals surface area (Å²) >= 11 is 3.17. The van der Waals surface area contributed by atoms with Crippen LogP contribution in [0.15, 0.2) is 112 Å². The number of hydrogen-bond donors (Lipinski definition) is 3. The van der Waals surface area contributed by atoms with Crippen molar-refractivity contribution in [1.82, 2.24) is 20.2 Å². The van der Waals surface area contributed by atoms with E-state index in [0.29, 0.717) is 5.75 Å². The molecule has 1 amide bonds. The summed E-state index contributed by atoms with van der Waals surface area (Å²) in [5, 5.41) is 21.8. The number of aliphatic hydroxyl groups excluding tert-OH is 1. The minimum atomic E-state index is -3.96. The Morgan fingerprint density at radius 1 is 0.865 bits per heavy atom. The molecule has 1 aromatic heterocycles. The van der Waals surface area contributed by atoms with E-state index in [0.717, 1.165) is 42.7 Å². The van der Waals surface area contributed by atoms with E-state index in [2.05, 4.69) is 27.2 Å². The lowest BCUT2D eigenvalue weighted by molar-refractivity contribution is -0.268. The van der Waals surface area contributed by atoms with Crippen LogP contribution in [-0.4, -0.2) is 47.5 Å². The molecule has 10 nitrogen and oxygen atoms in total. The topological polar surface area (TPSA) is 140 Å². The van der Waals surface area contributed by atoms with Gasteiger partial charge in [-0.2, -0.15) is 4.72 Å². The lowest BCUT2D eigenvalue weighted by Crippen LogP contribution is -2.47. The molecular weight excluding hydrogens is 717 g/mol. The maximum Gasteiger partial charge on any atom is 0.241 e. The van der Waals surface area contributed by atoms with Gasteiger partial charge in [0.15, 0.2) is 10.6 Å². The Balaban J connectivity index is 1.15. The number of thioether (sulfide) groups is 1. The molecule has 0 saturated carbocycles. The van der Waals surface area contributed by atoms with Gasteiger partial charge in [0.2, 0.25) is 15.9 Å². The van der Waals surface area contributed by atoms with Gasteiger partial charge in [0.05, 0.1) is 23.7 Å². The van der Waals surface area contributed by atoms with Crippen LogP contribution in [0.4, 0.5) is 0 Å². The summed E-state index contributed by atoms with van der Waals surface area (Å²) in [5.74, 6) is 0.264. The molecule has 0 unspecified atom stereocenters. The van der Waals surface area contributed by atoms with Gasteiger partial charge in [0, 0.05) is 23.8 Å². The van der Waals surface area contributed by atoms with Crippen molar-refractivity contribution in [3.8, 4) is 0 Å². The molecule has 0 radical (unpaired) electrons. The predicted octanol–water partition coefficient (Wildman–Crippen LogP) is 6.44. The molecule has 1 aliphatic rings. The zero-order valence-electron chi connectivity index (χ0n) is 29.1. The van der Waals surface area contributed by atoms with E-state index in [-0.39, 0.29) is 42.6 Å². The molecule has 272 valence electrons. The van der Waals surface area contributed by atoms with E-state index in [9.17, 15) is 18.3 Å². The first-order valence-electron chi connectivity index (χ1n) is 17.0. The highest BCUT2D eigenvalue weighted by molar-refractivity contribution is 8.01. The Morgan fingerprint density at radius 2 is 1.54 bits per heavy atom. The summed E-state index contributed by atoms with van der Waals surface area (Å²) in [4.78, 5) is 13.6. The number of sulfonamides is 1. The minimum absolute atomic E-state index is 0.0273. The molecule has 0 spiro atoms. The van der Waals surface area contributed by atoms with Gasteiger partial charge in [-0.15, -0.1) is 10.2 Å². The maximum atomic E-state index is 13.5. The fourth-order valence-electron chi connectivity index (χ4n) is 5.92. The zero-order chi connectivity index (χ0) is 36.7. The molecule has 13 heteroatoms. The van der Waals surface area contributed by atoms with E-state index < -0.39 is 28.3 Å². The highest BCUT2D eigenvalue weighted by atomic mass is 32.2. The standard InChI is InChI=1S/C39H42N4O6S3/c1-25-9-19-33(20-10-25)52(46,47)43-34(21-28-7-5-4-6-8-28)37(45)40-22-29-11-17-32(18-12-29)38-48-35(24-50-39-42-41-27(3)51-39)26(2)36(49-38)31-15-13-30(23-44)14-16-31/h4-20,26,34-36,38,43-44H,21-24H2,1-3H3,(H,40,45)/t26-,34-,35+,36+,38+/m1/s1. The first kappa shape index (κ1) is 37.8. The van der Waals surface area contributed by atoms with Crippen molar-refractivity contribution in [3.63, 3.8) is 0 Å². The number of rotatable bonds is 14. The fraction of sp³-hybridized carbons (Fsp3) is 0.308. The van der Waals surface area contributed by atoms with Gasteiger partial charge in [0.25, 0.3) is 0 Å². The van der Waals surface area contributed by atoms with Gasteiger partial charge in [-0.05, 0) is 54.7 Å². The Kier molecular flexibility index (Phi) is 12.5. The van der Waals surface area contributed by atoms with Gasteiger partial charge in [0.1, 0.15) is 11.0 Å². The van der Waals surface area contributed by atoms with Crippen molar-refractivity contribution < 1.29 is 27.8 Å². The lowest BCUT2D eigenvalue weighted by atomic mass is 9.91. The molecule has 2 heterocycles. The SMILES string of the molecule is Cc1ccc(S(=O)(=O)N[C@H](Cc2ccccc2)C(=O)NCc2ccc([C@H]3O[C@@H](CSc4nnc(C)s4)[C@@H](C)[C@@H](c4ccc(CO)cc4)O3)cc2)cc1. The van der Waals surface area contributed by atoms with Crippen molar-refractivity contribution in [3.05, 3.63) is 142 Å². The third-order valence-electron chi connectivity index (χ3n) is 8.95. The third kappa shape index (κ3) is 9.72. The highest BCUT2D eigenvalue weighted by Gasteiger charge is 2.38. The molecule has 1 fully saturated rings. The van der Waals surface area contributed by atoms with Gasteiger partial charge in [-0.25, -0.2) is 8.42 Å². The van der Waals surface area contributed by atoms with E-state index in [1.807, 2.05) is 92.7 Å². The number of ether oxygens (including phenoxy) is 2. The van der Waals surface area contributed by atoms with Crippen LogP contribution in [0, 0.1) is 19.8 Å². The Morgan fingerprint density at radius 3 is 2.19 bits per heavy atom.